The quantitative estimate of drug-likeness (QED) is 0.271. The molecule has 0 radical (unpaired) electrons. The molecule has 4 nitrogen and oxygen atoms in total. The number of nitrogens with zero attached hydrogens (tertiary/aromatic N) is 2. The predicted octanol–water partition coefficient (Wildman–Crippen LogP) is 7.70. The van der Waals surface area contributed by atoms with Gasteiger partial charge in [-0.2, -0.15) is 0 Å². The molecule has 0 spiro atoms. The highest BCUT2D eigenvalue weighted by Gasteiger charge is 2.33. The van der Waals surface area contributed by atoms with Gasteiger partial charge >= 0.3 is 0 Å². The van der Waals surface area contributed by atoms with Crippen LogP contribution in [0.5, 0.6) is 0 Å². The average Bonchev–Trinajstić information content (AvgIpc) is 3.22. The summed E-state index contributed by atoms with van der Waals surface area (Å²) in [4.78, 5) is 21.1. The van der Waals surface area contributed by atoms with Crippen LogP contribution in [0.4, 0.5) is 0 Å². The maximum Gasteiger partial charge on any atom is 0.225 e. The van der Waals surface area contributed by atoms with Crippen LogP contribution < -0.4 is 0 Å². The lowest BCUT2D eigenvalue weighted by molar-refractivity contribution is -0.193. The molecule has 4 heteroatoms. The highest BCUT2D eigenvalue weighted by Crippen LogP contribution is 2.28. The molecule has 0 aromatic rings. The first-order valence-corrected chi connectivity index (χ1v) is 11.8. The van der Waals surface area contributed by atoms with E-state index in [0.717, 1.165) is 30.7 Å². The van der Waals surface area contributed by atoms with Crippen LogP contribution in [0.25, 0.3) is 0 Å². The number of allylic oxidation sites excluding steroid dienone is 9. The zero-order valence-corrected chi connectivity index (χ0v) is 21.9. The molecule has 0 saturated carbocycles. The topological polar surface area (TPSA) is 32.8 Å². The van der Waals surface area contributed by atoms with Crippen LogP contribution >= 0.6 is 0 Å². The molecular weight excluding hydrogens is 396 g/mol. The molecule has 0 aliphatic carbocycles. The van der Waals surface area contributed by atoms with E-state index in [0.29, 0.717) is 12.1 Å². The number of hydrogen-bond acceptors (Lipinski definition) is 3. The van der Waals surface area contributed by atoms with Crippen LogP contribution in [-0.4, -0.2) is 28.6 Å². The highest BCUT2D eigenvalue weighted by molar-refractivity contribution is 5.77. The Morgan fingerprint density at radius 3 is 2.28 bits per heavy atom. The number of likely N-dealkylation sites (tertiary alicyclic amines) is 1. The Morgan fingerprint density at radius 1 is 1.09 bits per heavy atom. The Morgan fingerprint density at radius 2 is 1.75 bits per heavy atom. The molecule has 1 aliphatic rings. The molecule has 0 aromatic heterocycles. The Balaban J connectivity index is 0.00000466. The van der Waals surface area contributed by atoms with E-state index in [1.165, 1.54) is 0 Å². The van der Waals surface area contributed by atoms with Gasteiger partial charge in [-0.25, -0.2) is 9.90 Å². The fourth-order valence-electron chi connectivity index (χ4n) is 3.04. The molecule has 1 unspecified atom stereocenters. The summed E-state index contributed by atoms with van der Waals surface area (Å²) in [6, 6.07) is 0. The van der Waals surface area contributed by atoms with Crippen LogP contribution in [0.2, 0.25) is 0 Å². The van der Waals surface area contributed by atoms with Crippen LogP contribution in [0.1, 0.15) is 81.6 Å². The van der Waals surface area contributed by atoms with Crippen molar-refractivity contribution in [2.75, 3.05) is 6.54 Å². The molecule has 1 atom stereocenters. The fourth-order valence-corrected chi connectivity index (χ4v) is 3.04. The number of rotatable bonds is 9. The summed E-state index contributed by atoms with van der Waals surface area (Å²) in [6.45, 7) is 23.2. The minimum atomic E-state index is -0.294. The summed E-state index contributed by atoms with van der Waals surface area (Å²) in [5.41, 5.74) is 2.69. The molecular formula is C28H46N2O2. The predicted molar refractivity (Wildman–Crippen MR) is 139 cm³/mol. The van der Waals surface area contributed by atoms with Crippen molar-refractivity contribution in [3.8, 4) is 0 Å². The van der Waals surface area contributed by atoms with E-state index in [1.807, 2.05) is 82.1 Å². The van der Waals surface area contributed by atoms with Crippen molar-refractivity contribution < 1.29 is 9.63 Å². The lowest BCUT2D eigenvalue weighted by Crippen LogP contribution is -2.42. The van der Waals surface area contributed by atoms with Crippen molar-refractivity contribution in [2.45, 2.75) is 87.8 Å². The zero-order chi connectivity index (χ0) is 24.7. The molecule has 1 heterocycles. The van der Waals surface area contributed by atoms with Gasteiger partial charge in [-0.1, -0.05) is 83.2 Å². The number of carbonyl (C=O) groups excluding carboxylic acids is 1. The Kier molecular flexibility index (Phi) is 14.3. The molecule has 180 valence electrons. The van der Waals surface area contributed by atoms with Gasteiger partial charge in [0.25, 0.3) is 0 Å². The van der Waals surface area contributed by atoms with E-state index in [4.69, 9.17) is 4.84 Å². The smallest absolute Gasteiger partial charge is 0.225 e. The summed E-state index contributed by atoms with van der Waals surface area (Å²) in [5.74, 6) is 0.141. The number of amides is 1. The van der Waals surface area contributed by atoms with Gasteiger partial charge in [-0.05, 0) is 58.1 Å². The van der Waals surface area contributed by atoms with Crippen molar-refractivity contribution in [2.24, 2.45) is 5.41 Å². The van der Waals surface area contributed by atoms with Gasteiger partial charge < -0.3 is 4.90 Å². The van der Waals surface area contributed by atoms with Crippen LogP contribution in [0.3, 0.4) is 0 Å². The minimum Gasteiger partial charge on any atom is -0.315 e. The van der Waals surface area contributed by atoms with Gasteiger partial charge in [-0.15, -0.1) is 0 Å². The molecule has 1 aliphatic heterocycles. The van der Waals surface area contributed by atoms with E-state index in [9.17, 15) is 4.79 Å². The van der Waals surface area contributed by atoms with Gasteiger partial charge in [-0.3, -0.25) is 4.79 Å². The molecule has 1 rings (SSSR count). The molecule has 32 heavy (non-hydrogen) atoms. The standard InChI is InChI=1S/C26H40N2O2.C2H6/c1-9-12-13-15-22(5)28(23(11-3)18-17-21(4)10-2)30-25-16-14-19-27(25)24(29)20-26(6,7)8;1-2/h9-13,15,17-18,25H,5,14,16,19-20H2,1-4,6-8H3;1-2H3/b12-9-,15-13-,18-17-,21-10-,23-11+;. The molecule has 0 bridgehead atoms. The SMILES string of the molecule is C=C(/C=C\C=C/C)N(OC1CCCN1C(=O)CC(C)(C)C)C(/C=C\C(C)=C/C)=C/C.CC. The van der Waals surface area contributed by atoms with Crippen LogP contribution in [-0.2, 0) is 9.63 Å². The second kappa shape index (κ2) is 15.5. The van der Waals surface area contributed by atoms with Gasteiger partial charge in [0, 0.05) is 13.0 Å². The number of carbonyl (C=O) groups is 1. The normalized spacial score (nSPS) is 17.9. The summed E-state index contributed by atoms with van der Waals surface area (Å²) in [6.07, 6.45) is 17.8. The summed E-state index contributed by atoms with van der Waals surface area (Å²) in [5, 5.41) is 1.74. The molecule has 0 N–H and O–H groups in total. The second-order valence-corrected chi connectivity index (χ2v) is 8.78. The highest BCUT2D eigenvalue weighted by atomic mass is 16.7. The zero-order valence-electron chi connectivity index (χ0n) is 21.9. The van der Waals surface area contributed by atoms with Gasteiger partial charge in [0.1, 0.15) is 0 Å². The third-order valence-corrected chi connectivity index (χ3v) is 4.78. The van der Waals surface area contributed by atoms with Crippen molar-refractivity contribution >= 4 is 5.91 Å². The van der Waals surface area contributed by atoms with Crippen molar-refractivity contribution in [3.05, 3.63) is 72.2 Å². The van der Waals surface area contributed by atoms with E-state index in [2.05, 4.69) is 40.3 Å². The third-order valence-electron chi connectivity index (χ3n) is 4.78. The molecule has 1 amide bonds. The summed E-state index contributed by atoms with van der Waals surface area (Å²) >= 11 is 0. The van der Waals surface area contributed by atoms with Crippen molar-refractivity contribution in [1.29, 1.82) is 0 Å². The maximum atomic E-state index is 12.9. The van der Waals surface area contributed by atoms with Crippen LogP contribution in [0.15, 0.2) is 72.2 Å². The lowest BCUT2D eigenvalue weighted by atomic mass is 9.91. The fraction of sp³-hybridized carbons (Fsp3) is 0.536. The number of hydrogen-bond donors (Lipinski definition) is 0. The third kappa shape index (κ3) is 10.8. The van der Waals surface area contributed by atoms with E-state index in [1.54, 1.807) is 5.06 Å². The van der Waals surface area contributed by atoms with E-state index in [-0.39, 0.29) is 17.6 Å². The second-order valence-electron chi connectivity index (χ2n) is 8.78. The Labute approximate surface area is 197 Å². The molecule has 0 aromatic carbocycles. The van der Waals surface area contributed by atoms with Crippen LogP contribution in [0, 0.1) is 5.41 Å². The Hall–Kier alpha value is -2.33. The van der Waals surface area contributed by atoms with Gasteiger partial charge in [0.2, 0.25) is 5.91 Å². The molecule has 1 fully saturated rings. The molecule has 1 saturated heterocycles. The number of hydroxylamine groups is 2. The van der Waals surface area contributed by atoms with E-state index < -0.39 is 0 Å². The van der Waals surface area contributed by atoms with Crippen molar-refractivity contribution in [3.63, 3.8) is 0 Å². The first kappa shape index (κ1) is 29.7. The average molecular weight is 443 g/mol. The lowest BCUT2D eigenvalue weighted by Gasteiger charge is -2.33. The first-order valence-electron chi connectivity index (χ1n) is 11.8. The minimum absolute atomic E-state index is 0.0516. The Bertz CT molecular complexity index is 733. The van der Waals surface area contributed by atoms with E-state index >= 15 is 0 Å². The summed E-state index contributed by atoms with van der Waals surface area (Å²) in [7, 11) is 0. The van der Waals surface area contributed by atoms with Gasteiger partial charge in [0.05, 0.1) is 11.4 Å². The first-order chi connectivity index (χ1) is 15.1. The largest absolute Gasteiger partial charge is 0.315 e. The van der Waals surface area contributed by atoms with Crippen molar-refractivity contribution in [1.82, 2.24) is 9.96 Å². The monoisotopic (exact) mass is 442 g/mol. The summed E-state index contributed by atoms with van der Waals surface area (Å²) < 4.78 is 0. The maximum absolute atomic E-state index is 12.9. The van der Waals surface area contributed by atoms with Gasteiger partial charge in [0.15, 0.2) is 6.23 Å².